The van der Waals surface area contributed by atoms with Gasteiger partial charge in [0.1, 0.15) is 0 Å². The molecular weight excluding hydrogens is 266 g/mol. The molecule has 4 heteroatoms. The Morgan fingerprint density at radius 2 is 1.90 bits per heavy atom. The standard InChI is InChI=1S/C17H31NO3/c1-4-21-16(19)15-5-8-17(20,9-6-15)12-18-10-7-13(2)14(3)11-18/h13-15,20H,4-12H2,1-3H3. The molecule has 0 spiro atoms. The molecule has 4 nitrogen and oxygen atoms in total. The number of likely N-dealkylation sites (tertiary alicyclic amines) is 1. The monoisotopic (exact) mass is 297 g/mol. The Bertz CT molecular complexity index is 350. The largest absolute Gasteiger partial charge is 0.466 e. The molecule has 0 aromatic carbocycles. The van der Waals surface area contributed by atoms with Crippen molar-refractivity contribution in [1.82, 2.24) is 4.90 Å². The molecule has 2 unspecified atom stereocenters. The molecule has 1 saturated carbocycles. The van der Waals surface area contributed by atoms with E-state index >= 15 is 0 Å². The fraction of sp³-hybridized carbons (Fsp3) is 0.941. The molecule has 1 aliphatic carbocycles. The van der Waals surface area contributed by atoms with Crippen LogP contribution in [0.3, 0.4) is 0 Å². The number of rotatable bonds is 4. The third kappa shape index (κ3) is 4.43. The zero-order chi connectivity index (χ0) is 15.5. The Kier molecular flexibility index (Phi) is 5.67. The van der Waals surface area contributed by atoms with E-state index in [0.29, 0.717) is 12.5 Å². The molecule has 0 aromatic rings. The highest BCUT2D eigenvalue weighted by Crippen LogP contribution is 2.34. The van der Waals surface area contributed by atoms with Crippen LogP contribution in [-0.4, -0.2) is 47.8 Å². The van der Waals surface area contributed by atoms with Crippen LogP contribution in [0.4, 0.5) is 0 Å². The van der Waals surface area contributed by atoms with Gasteiger partial charge in [0.05, 0.1) is 18.1 Å². The summed E-state index contributed by atoms with van der Waals surface area (Å²) in [4.78, 5) is 14.2. The minimum absolute atomic E-state index is 0.00877. The van der Waals surface area contributed by atoms with E-state index < -0.39 is 5.60 Å². The van der Waals surface area contributed by atoms with Gasteiger partial charge in [-0.15, -0.1) is 0 Å². The van der Waals surface area contributed by atoms with Crippen molar-refractivity contribution in [3.8, 4) is 0 Å². The van der Waals surface area contributed by atoms with Crippen molar-refractivity contribution in [2.45, 2.75) is 58.5 Å². The number of carbonyl (C=O) groups excluding carboxylic acids is 1. The van der Waals surface area contributed by atoms with Crippen LogP contribution in [0.15, 0.2) is 0 Å². The van der Waals surface area contributed by atoms with Crippen molar-refractivity contribution in [3.05, 3.63) is 0 Å². The van der Waals surface area contributed by atoms with Crippen LogP contribution in [0.2, 0.25) is 0 Å². The number of nitrogens with zero attached hydrogens (tertiary/aromatic N) is 1. The predicted molar refractivity (Wildman–Crippen MR) is 82.9 cm³/mol. The first kappa shape index (κ1) is 16.8. The molecular formula is C17H31NO3. The summed E-state index contributed by atoms with van der Waals surface area (Å²) in [5.74, 6) is 1.40. The number of piperidine rings is 1. The molecule has 0 aromatic heterocycles. The van der Waals surface area contributed by atoms with E-state index in [-0.39, 0.29) is 11.9 Å². The third-order valence-electron chi connectivity index (χ3n) is 5.47. The van der Waals surface area contributed by atoms with Crippen molar-refractivity contribution in [2.75, 3.05) is 26.2 Å². The Balaban J connectivity index is 1.81. The lowest BCUT2D eigenvalue weighted by atomic mass is 9.78. The van der Waals surface area contributed by atoms with Gasteiger partial charge in [0.15, 0.2) is 0 Å². The maximum absolute atomic E-state index is 11.8. The summed E-state index contributed by atoms with van der Waals surface area (Å²) in [6, 6.07) is 0. The van der Waals surface area contributed by atoms with E-state index in [0.717, 1.165) is 51.2 Å². The lowest BCUT2D eigenvalue weighted by Gasteiger charge is -2.42. The van der Waals surface area contributed by atoms with Gasteiger partial charge in [0, 0.05) is 13.1 Å². The highest BCUT2D eigenvalue weighted by Gasteiger charge is 2.38. The molecule has 2 atom stereocenters. The molecule has 1 heterocycles. The minimum atomic E-state index is -0.608. The second-order valence-electron chi connectivity index (χ2n) is 7.23. The first-order chi connectivity index (χ1) is 9.93. The number of esters is 1. The number of hydrogen-bond donors (Lipinski definition) is 1. The highest BCUT2D eigenvalue weighted by molar-refractivity contribution is 5.72. The van der Waals surface area contributed by atoms with Gasteiger partial charge >= 0.3 is 5.97 Å². The molecule has 0 bridgehead atoms. The van der Waals surface area contributed by atoms with Gasteiger partial charge in [-0.25, -0.2) is 0 Å². The topological polar surface area (TPSA) is 49.8 Å². The number of hydrogen-bond acceptors (Lipinski definition) is 4. The summed E-state index contributed by atoms with van der Waals surface area (Å²) in [6.45, 7) is 9.86. The summed E-state index contributed by atoms with van der Waals surface area (Å²) in [6.07, 6.45) is 4.18. The fourth-order valence-electron chi connectivity index (χ4n) is 3.72. The summed E-state index contributed by atoms with van der Waals surface area (Å²) in [5, 5.41) is 10.8. The van der Waals surface area contributed by atoms with Gasteiger partial charge in [-0.1, -0.05) is 13.8 Å². The van der Waals surface area contributed by atoms with Crippen LogP contribution < -0.4 is 0 Å². The Labute approximate surface area is 128 Å². The summed E-state index contributed by atoms with van der Waals surface area (Å²) in [7, 11) is 0. The second kappa shape index (κ2) is 7.10. The van der Waals surface area contributed by atoms with E-state index in [2.05, 4.69) is 18.7 Å². The van der Waals surface area contributed by atoms with Crippen LogP contribution in [0, 0.1) is 17.8 Å². The highest BCUT2D eigenvalue weighted by atomic mass is 16.5. The van der Waals surface area contributed by atoms with Crippen molar-refractivity contribution in [3.63, 3.8) is 0 Å². The normalized spacial score (nSPS) is 38.2. The first-order valence-electron chi connectivity index (χ1n) is 8.55. The Morgan fingerprint density at radius 3 is 2.48 bits per heavy atom. The van der Waals surface area contributed by atoms with Crippen LogP contribution in [-0.2, 0) is 9.53 Å². The smallest absolute Gasteiger partial charge is 0.308 e. The molecule has 1 aliphatic heterocycles. The van der Waals surface area contributed by atoms with Gasteiger partial charge in [-0.05, 0) is 57.4 Å². The average Bonchev–Trinajstić information content (AvgIpc) is 2.44. The number of aliphatic hydroxyl groups is 1. The molecule has 0 amide bonds. The van der Waals surface area contributed by atoms with Crippen LogP contribution >= 0.6 is 0 Å². The summed E-state index contributed by atoms with van der Waals surface area (Å²) in [5.41, 5.74) is -0.608. The van der Waals surface area contributed by atoms with Crippen LogP contribution in [0.25, 0.3) is 0 Å². The Morgan fingerprint density at radius 1 is 1.24 bits per heavy atom. The van der Waals surface area contributed by atoms with Crippen molar-refractivity contribution in [1.29, 1.82) is 0 Å². The fourth-order valence-corrected chi connectivity index (χ4v) is 3.72. The average molecular weight is 297 g/mol. The quantitative estimate of drug-likeness (QED) is 0.810. The summed E-state index contributed by atoms with van der Waals surface area (Å²) >= 11 is 0. The van der Waals surface area contributed by atoms with E-state index in [9.17, 15) is 9.90 Å². The lowest BCUT2D eigenvalue weighted by Crippen LogP contribution is -2.50. The van der Waals surface area contributed by atoms with Crippen molar-refractivity contribution in [2.24, 2.45) is 17.8 Å². The van der Waals surface area contributed by atoms with Gasteiger partial charge in [-0.2, -0.15) is 0 Å². The van der Waals surface area contributed by atoms with Gasteiger partial charge in [0.25, 0.3) is 0 Å². The second-order valence-corrected chi connectivity index (χ2v) is 7.23. The molecule has 2 fully saturated rings. The van der Waals surface area contributed by atoms with Crippen LogP contribution in [0.5, 0.6) is 0 Å². The van der Waals surface area contributed by atoms with E-state index in [1.54, 1.807) is 0 Å². The number of ether oxygens (including phenoxy) is 1. The zero-order valence-corrected chi connectivity index (χ0v) is 13.8. The van der Waals surface area contributed by atoms with Crippen molar-refractivity contribution < 1.29 is 14.6 Å². The Hall–Kier alpha value is -0.610. The molecule has 21 heavy (non-hydrogen) atoms. The first-order valence-corrected chi connectivity index (χ1v) is 8.55. The SMILES string of the molecule is CCOC(=O)C1CCC(O)(CN2CCC(C)C(C)C2)CC1. The maximum Gasteiger partial charge on any atom is 0.308 e. The summed E-state index contributed by atoms with van der Waals surface area (Å²) < 4.78 is 5.09. The van der Waals surface area contributed by atoms with Gasteiger partial charge in [0.2, 0.25) is 0 Å². The molecule has 2 aliphatic rings. The van der Waals surface area contributed by atoms with E-state index in [1.807, 2.05) is 6.92 Å². The van der Waals surface area contributed by atoms with Gasteiger partial charge < -0.3 is 14.7 Å². The number of carbonyl (C=O) groups is 1. The maximum atomic E-state index is 11.8. The lowest BCUT2D eigenvalue weighted by molar-refractivity contribution is -0.151. The van der Waals surface area contributed by atoms with Crippen LogP contribution in [0.1, 0.15) is 52.9 Å². The van der Waals surface area contributed by atoms with Crippen molar-refractivity contribution >= 4 is 5.97 Å². The minimum Gasteiger partial charge on any atom is -0.466 e. The molecule has 0 radical (unpaired) electrons. The molecule has 1 N–H and O–H groups in total. The van der Waals surface area contributed by atoms with Gasteiger partial charge in [-0.3, -0.25) is 4.79 Å². The number of β-amino-alcohol motifs (C(OH)–C–C–N with tert-alkyl or cyclic N) is 1. The predicted octanol–water partition coefficient (Wildman–Crippen LogP) is 2.45. The zero-order valence-electron chi connectivity index (χ0n) is 13.8. The third-order valence-corrected chi connectivity index (χ3v) is 5.47. The molecule has 2 rings (SSSR count). The van der Waals surface area contributed by atoms with E-state index in [1.165, 1.54) is 6.42 Å². The molecule has 1 saturated heterocycles. The van der Waals surface area contributed by atoms with E-state index in [4.69, 9.17) is 4.74 Å². The molecule has 122 valence electrons.